The van der Waals surface area contributed by atoms with Gasteiger partial charge in [0.05, 0.1) is 74.0 Å². The molecular formula is C44H30F6I2N2O2. The van der Waals surface area contributed by atoms with Crippen LogP contribution in [0.2, 0.25) is 0 Å². The van der Waals surface area contributed by atoms with Crippen molar-refractivity contribution in [3.63, 3.8) is 0 Å². The SMILES string of the molecule is FC(F)(F)c1cccc2c1oc1c(N(I)c3ccccc3C3CCCCC3c3ccc4c(oc5c(N(I)c6ccccc6)cccc54)c3C(F)(F)F)cccc12. The van der Waals surface area contributed by atoms with Crippen molar-refractivity contribution in [2.45, 2.75) is 49.9 Å². The summed E-state index contributed by atoms with van der Waals surface area (Å²) < 4.78 is 105. The molecule has 0 saturated heterocycles. The number of para-hydroxylation sites is 5. The molecule has 0 spiro atoms. The van der Waals surface area contributed by atoms with Gasteiger partial charge in [-0.25, -0.2) is 0 Å². The molecule has 2 aromatic heterocycles. The van der Waals surface area contributed by atoms with Gasteiger partial charge in [0, 0.05) is 21.5 Å². The molecule has 1 aliphatic rings. The Morgan fingerprint density at radius 1 is 0.464 bits per heavy atom. The highest BCUT2D eigenvalue weighted by atomic mass is 127. The molecule has 1 saturated carbocycles. The first-order valence-electron chi connectivity index (χ1n) is 18.0. The fourth-order valence-electron chi connectivity index (χ4n) is 8.48. The molecule has 0 aliphatic heterocycles. The first-order chi connectivity index (χ1) is 26.9. The van der Waals surface area contributed by atoms with Crippen molar-refractivity contribution in [1.82, 2.24) is 0 Å². The lowest BCUT2D eigenvalue weighted by molar-refractivity contribution is -0.138. The maximum absolute atomic E-state index is 15.5. The summed E-state index contributed by atoms with van der Waals surface area (Å²) in [5.74, 6) is -0.796. The first kappa shape index (κ1) is 37.2. The smallest absolute Gasteiger partial charge is 0.420 e. The monoisotopic (exact) mass is 986 g/mol. The Balaban J connectivity index is 1.17. The summed E-state index contributed by atoms with van der Waals surface area (Å²) >= 11 is 4.26. The Labute approximate surface area is 345 Å². The molecule has 2 atom stereocenters. The number of furan rings is 2. The molecule has 12 heteroatoms. The first-order valence-corrected chi connectivity index (χ1v) is 20.0. The van der Waals surface area contributed by atoms with Gasteiger partial charge in [-0.05, 0) is 72.2 Å². The third kappa shape index (κ3) is 6.27. The maximum Gasteiger partial charge on any atom is 0.420 e. The van der Waals surface area contributed by atoms with E-state index in [2.05, 4.69) is 45.7 Å². The van der Waals surface area contributed by atoms with Gasteiger partial charge in [-0.3, -0.25) is 6.23 Å². The standard InChI is InChI=1S/C44H30F6I2N2O2/c45-43(46,47)34-19-8-16-30-31-17-10-22-37(41(31)55-39(30)34)54(52)35-20-7-6-15-28(35)26-13-4-5-14-27(26)29-23-24-33-32-18-9-21-36(53(51)25-11-2-1-3-12-25)40(32)56-42(33)38(29)44(48,49)50/h1-3,6-12,15-24,26-27H,4-5,13-14H2. The van der Waals surface area contributed by atoms with E-state index in [-0.39, 0.29) is 28.2 Å². The van der Waals surface area contributed by atoms with Gasteiger partial charge < -0.3 is 8.83 Å². The molecule has 8 aromatic rings. The van der Waals surface area contributed by atoms with Crippen LogP contribution in [0, 0.1) is 0 Å². The molecule has 0 bridgehead atoms. The van der Waals surface area contributed by atoms with Crippen molar-refractivity contribution >= 4 is 112 Å². The van der Waals surface area contributed by atoms with Gasteiger partial charge in [0.2, 0.25) is 0 Å². The van der Waals surface area contributed by atoms with Crippen LogP contribution >= 0.6 is 45.7 Å². The van der Waals surface area contributed by atoms with E-state index in [1.807, 2.05) is 73.0 Å². The fourth-order valence-corrected chi connectivity index (χ4v) is 10.0. The fraction of sp³-hybridized carbons (Fsp3) is 0.182. The van der Waals surface area contributed by atoms with E-state index in [0.717, 1.165) is 35.8 Å². The lowest BCUT2D eigenvalue weighted by atomic mass is 9.70. The summed E-state index contributed by atoms with van der Waals surface area (Å²) in [4.78, 5) is 0. The quantitative estimate of drug-likeness (QED) is 0.0944. The summed E-state index contributed by atoms with van der Waals surface area (Å²) in [6, 6.07) is 35.2. The molecule has 2 unspecified atom stereocenters. The van der Waals surface area contributed by atoms with Crippen LogP contribution in [0.5, 0.6) is 0 Å². The zero-order chi connectivity index (χ0) is 38.9. The number of nitrogens with zero attached hydrogens (tertiary/aromatic N) is 2. The van der Waals surface area contributed by atoms with Crippen molar-refractivity contribution in [3.8, 4) is 0 Å². The topological polar surface area (TPSA) is 32.8 Å². The molecule has 1 aliphatic carbocycles. The van der Waals surface area contributed by atoms with Crippen molar-refractivity contribution in [2.75, 3.05) is 6.23 Å². The van der Waals surface area contributed by atoms with Crippen molar-refractivity contribution < 1.29 is 35.2 Å². The van der Waals surface area contributed by atoms with Crippen LogP contribution in [0.4, 0.5) is 49.1 Å². The Morgan fingerprint density at radius 3 is 1.62 bits per heavy atom. The van der Waals surface area contributed by atoms with Crippen LogP contribution in [0.1, 0.15) is 59.8 Å². The van der Waals surface area contributed by atoms with Gasteiger partial charge in [0.25, 0.3) is 0 Å². The van der Waals surface area contributed by atoms with E-state index in [1.165, 1.54) is 6.07 Å². The van der Waals surface area contributed by atoms with Crippen LogP contribution < -0.4 is 6.23 Å². The molecule has 56 heavy (non-hydrogen) atoms. The van der Waals surface area contributed by atoms with E-state index in [1.54, 1.807) is 42.5 Å². The van der Waals surface area contributed by atoms with E-state index in [4.69, 9.17) is 8.83 Å². The average Bonchev–Trinajstić information content (AvgIpc) is 3.78. The molecule has 6 aromatic carbocycles. The lowest BCUT2D eigenvalue weighted by Gasteiger charge is -2.36. The largest absolute Gasteiger partial charge is 0.453 e. The minimum absolute atomic E-state index is 0.182. The van der Waals surface area contributed by atoms with Gasteiger partial charge in [0.15, 0.2) is 11.2 Å². The Morgan fingerprint density at radius 2 is 0.982 bits per heavy atom. The highest BCUT2D eigenvalue weighted by Crippen LogP contribution is 2.54. The summed E-state index contributed by atoms with van der Waals surface area (Å²) in [5, 5.41) is 1.88. The van der Waals surface area contributed by atoms with Crippen molar-refractivity contribution in [1.29, 1.82) is 0 Å². The number of anilines is 4. The molecule has 284 valence electrons. The third-order valence-electron chi connectivity index (χ3n) is 10.9. The van der Waals surface area contributed by atoms with Crippen LogP contribution in [0.3, 0.4) is 0 Å². The number of rotatable bonds is 6. The van der Waals surface area contributed by atoms with Crippen LogP contribution in [0.25, 0.3) is 43.9 Å². The van der Waals surface area contributed by atoms with E-state index >= 15 is 13.2 Å². The predicted octanol–water partition coefficient (Wildman–Crippen LogP) is 15.9. The zero-order valence-electron chi connectivity index (χ0n) is 29.3. The minimum Gasteiger partial charge on any atom is -0.453 e. The molecule has 0 amide bonds. The molecule has 9 rings (SSSR count). The number of hydrogen-bond acceptors (Lipinski definition) is 4. The van der Waals surface area contributed by atoms with Gasteiger partial charge in [-0.2, -0.15) is 26.3 Å². The predicted molar refractivity (Wildman–Crippen MR) is 227 cm³/mol. The zero-order valence-corrected chi connectivity index (χ0v) is 33.6. The van der Waals surface area contributed by atoms with E-state index in [0.29, 0.717) is 51.3 Å². The van der Waals surface area contributed by atoms with Crippen LogP contribution in [-0.2, 0) is 12.4 Å². The van der Waals surface area contributed by atoms with E-state index in [9.17, 15) is 13.2 Å². The maximum atomic E-state index is 15.5. The number of hydrogen-bond donors (Lipinski definition) is 0. The number of alkyl halides is 6. The van der Waals surface area contributed by atoms with E-state index < -0.39 is 29.4 Å². The summed E-state index contributed by atoms with van der Waals surface area (Å²) in [5.41, 5.74) is 2.40. The number of fused-ring (bicyclic) bond motifs is 6. The molecule has 4 nitrogen and oxygen atoms in total. The molecular weight excluding hydrogens is 956 g/mol. The minimum atomic E-state index is -4.71. The third-order valence-corrected chi connectivity index (χ3v) is 13.0. The normalized spacial score (nSPS) is 16.6. The van der Waals surface area contributed by atoms with Gasteiger partial charge in [-0.15, -0.1) is 0 Å². The number of halogens is 8. The molecule has 0 radical (unpaired) electrons. The summed E-state index contributed by atoms with van der Waals surface area (Å²) in [6.07, 6.45) is -6.54. The highest BCUT2D eigenvalue weighted by Gasteiger charge is 2.42. The Bertz CT molecular complexity index is 2760. The average molecular weight is 987 g/mol. The van der Waals surface area contributed by atoms with Crippen LogP contribution in [0.15, 0.2) is 130 Å². The van der Waals surface area contributed by atoms with Gasteiger partial charge in [0.1, 0.15) is 16.7 Å². The Hall–Kier alpha value is -4.44. The van der Waals surface area contributed by atoms with Crippen LogP contribution in [-0.4, -0.2) is 0 Å². The molecule has 2 heterocycles. The second-order valence-corrected chi connectivity index (χ2v) is 16.0. The summed E-state index contributed by atoms with van der Waals surface area (Å²) in [7, 11) is 0. The lowest BCUT2D eigenvalue weighted by Crippen LogP contribution is -2.21. The number of benzene rings is 6. The van der Waals surface area contributed by atoms with Gasteiger partial charge >= 0.3 is 12.4 Å². The van der Waals surface area contributed by atoms with Crippen molar-refractivity contribution in [2.24, 2.45) is 0 Å². The second kappa shape index (κ2) is 14.2. The second-order valence-electron chi connectivity index (χ2n) is 14.0. The molecule has 0 N–H and O–H groups in total. The molecule has 1 fully saturated rings. The summed E-state index contributed by atoms with van der Waals surface area (Å²) in [6.45, 7) is 0. The Kier molecular flexibility index (Phi) is 9.41. The highest BCUT2D eigenvalue weighted by molar-refractivity contribution is 14.1. The van der Waals surface area contributed by atoms with Gasteiger partial charge in [-0.1, -0.05) is 97.8 Å². The van der Waals surface area contributed by atoms with Crippen molar-refractivity contribution in [3.05, 3.63) is 144 Å².